The lowest BCUT2D eigenvalue weighted by Crippen LogP contribution is -2.43. The van der Waals surface area contributed by atoms with Crippen molar-refractivity contribution in [2.75, 3.05) is 11.3 Å². The van der Waals surface area contributed by atoms with E-state index in [-0.39, 0.29) is 16.8 Å². The molecule has 0 saturated heterocycles. The predicted octanol–water partition coefficient (Wildman–Crippen LogP) is 2.67. The van der Waals surface area contributed by atoms with Gasteiger partial charge in [-0.15, -0.1) is 0 Å². The zero-order valence-corrected chi connectivity index (χ0v) is 19.7. The van der Waals surface area contributed by atoms with Crippen LogP contribution >= 0.6 is 11.6 Å². The minimum Gasteiger partial charge on any atom is -0.452 e. The fourth-order valence-corrected chi connectivity index (χ4v) is 4.01. The number of nitro benzene ring substituents is 1. The van der Waals surface area contributed by atoms with E-state index < -0.39 is 49.9 Å². The number of nitrogens with zero attached hydrogens (tertiary/aromatic N) is 1. The first-order valence-electron chi connectivity index (χ1n) is 9.95. The molecule has 0 fully saturated rings. The van der Waals surface area contributed by atoms with Gasteiger partial charge in [0.15, 0.2) is 6.61 Å². The summed E-state index contributed by atoms with van der Waals surface area (Å²) >= 11 is 5.75. The van der Waals surface area contributed by atoms with Crippen LogP contribution in [0.2, 0.25) is 5.02 Å². The topological polar surface area (TPSA) is 174 Å². The summed E-state index contributed by atoms with van der Waals surface area (Å²) in [5, 5.41) is 11.4. The molecule has 2 amide bonds. The number of halogens is 1. The summed E-state index contributed by atoms with van der Waals surface area (Å²) < 4.78 is 32.5. The van der Waals surface area contributed by atoms with Crippen molar-refractivity contribution in [1.82, 2.24) is 10.9 Å². The van der Waals surface area contributed by atoms with Gasteiger partial charge in [0.2, 0.25) is 0 Å². The second kappa shape index (κ2) is 11.3. The number of nitro groups is 1. The summed E-state index contributed by atoms with van der Waals surface area (Å²) in [5.41, 5.74) is 3.62. The molecule has 0 aliphatic heterocycles. The average molecular weight is 533 g/mol. The van der Waals surface area contributed by atoms with Crippen LogP contribution < -0.4 is 15.6 Å². The van der Waals surface area contributed by atoms with Gasteiger partial charge in [-0.3, -0.25) is 35.3 Å². The minimum absolute atomic E-state index is 0.176. The molecule has 3 rings (SSSR count). The van der Waals surface area contributed by atoms with Gasteiger partial charge in [-0.25, -0.2) is 13.2 Å². The Labute approximate surface area is 209 Å². The van der Waals surface area contributed by atoms with Crippen molar-refractivity contribution in [3.63, 3.8) is 0 Å². The second-order valence-corrected chi connectivity index (χ2v) is 9.11. The van der Waals surface area contributed by atoms with Crippen molar-refractivity contribution in [2.45, 2.75) is 4.90 Å². The van der Waals surface area contributed by atoms with Crippen LogP contribution in [0.1, 0.15) is 20.7 Å². The molecule has 12 nitrogen and oxygen atoms in total. The minimum atomic E-state index is -4.30. The number of esters is 1. The molecule has 0 aromatic heterocycles. The summed E-state index contributed by atoms with van der Waals surface area (Å²) in [6.07, 6.45) is 0. The zero-order valence-electron chi connectivity index (χ0n) is 18.1. The van der Waals surface area contributed by atoms with E-state index in [0.29, 0.717) is 5.02 Å². The normalized spacial score (nSPS) is 10.7. The lowest BCUT2D eigenvalue weighted by molar-refractivity contribution is -0.385. The van der Waals surface area contributed by atoms with E-state index in [4.69, 9.17) is 16.3 Å². The number of rotatable bonds is 8. The first-order chi connectivity index (χ1) is 17.1. The van der Waals surface area contributed by atoms with Crippen molar-refractivity contribution in [3.8, 4) is 0 Å². The Morgan fingerprint density at radius 3 is 2.33 bits per heavy atom. The number of carbonyl (C=O) groups excluding carboxylic acids is 3. The summed E-state index contributed by atoms with van der Waals surface area (Å²) in [7, 11) is -4.30. The molecule has 3 aromatic carbocycles. The van der Waals surface area contributed by atoms with Crippen LogP contribution in [0, 0.1) is 10.1 Å². The molecule has 186 valence electrons. The molecule has 0 radical (unpaired) electrons. The summed E-state index contributed by atoms with van der Waals surface area (Å²) in [6, 6.07) is 15.6. The van der Waals surface area contributed by atoms with Crippen LogP contribution in [0.4, 0.5) is 11.4 Å². The third-order valence-electron chi connectivity index (χ3n) is 4.49. The van der Waals surface area contributed by atoms with Gasteiger partial charge in [0.25, 0.3) is 27.5 Å². The Morgan fingerprint density at radius 2 is 1.64 bits per heavy atom. The smallest absolute Gasteiger partial charge is 0.340 e. The van der Waals surface area contributed by atoms with Gasteiger partial charge in [0, 0.05) is 22.7 Å². The number of anilines is 1. The molecule has 0 saturated carbocycles. The molecule has 3 N–H and O–H groups in total. The average Bonchev–Trinajstić information content (AvgIpc) is 2.86. The SMILES string of the molecule is O=C(COC(=O)c1ccccc1NS(=O)(=O)c1cccc([N+](=O)[O-])c1)NNC(=O)c1ccc(Cl)cc1. The van der Waals surface area contributed by atoms with E-state index in [2.05, 4.69) is 15.6 Å². The first kappa shape index (κ1) is 26.1. The van der Waals surface area contributed by atoms with Crippen molar-refractivity contribution < 1.29 is 32.5 Å². The largest absolute Gasteiger partial charge is 0.452 e. The molecule has 3 aromatic rings. The highest BCUT2D eigenvalue weighted by atomic mass is 35.5. The highest BCUT2D eigenvalue weighted by molar-refractivity contribution is 7.92. The van der Waals surface area contributed by atoms with Crippen LogP contribution in [0.15, 0.2) is 77.7 Å². The van der Waals surface area contributed by atoms with Crippen molar-refractivity contribution in [1.29, 1.82) is 0 Å². The third kappa shape index (κ3) is 6.77. The number of amides is 2. The van der Waals surface area contributed by atoms with E-state index in [0.717, 1.165) is 18.2 Å². The molecule has 0 bridgehead atoms. The van der Waals surface area contributed by atoms with E-state index in [1.165, 1.54) is 54.6 Å². The highest BCUT2D eigenvalue weighted by Crippen LogP contribution is 2.23. The van der Waals surface area contributed by atoms with Crippen molar-refractivity contribution in [3.05, 3.63) is 99.1 Å². The second-order valence-electron chi connectivity index (χ2n) is 6.99. The van der Waals surface area contributed by atoms with Crippen LogP contribution in [0.5, 0.6) is 0 Å². The standard InChI is InChI=1S/C22H17ClN4O8S/c23-15-10-8-14(9-11-15)21(29)25-24-20(28)13-35-22(30)18-6-1-2-7-19(18)26-36(33,34)17-5-3-4-16(12-17)27(31)32/h1-12,26H,13H2,(H,24,28)(H,25,29). The zero-order chi connectivity index (χ0) is 26.3. The van der Waals surface area contributed by atoms with Gasteiger partial charge in [0.1, 0.15) is 0 Å². The number of carbonyl (C=O) groups is 3. The van der Waals surface area contributed by atoms with Crippen LogP contribution in [0.3, 0.4) is 0 Å². The van der Waals surface area contributed by atoms with E-state index >= 15 is 0 Å². The lowest BCUT2D eigenvalue weighted by atomic mass is 10.2. The quantitative estimate of drug-likeness (QED) is 0.225. The van der Waals surface area contributed by atoms with E-state index in [9.17, 15) is 32.9 Å². The number of sulfonamides is 1. The number of hydrogen-bond acceptors (Lipinski definition) is 8. The molecule has 0 heterocycles. The third-order valence-corrected chi connectivity index (χ3v) is 6.10. The fourth-order valence-electron chi connectivity index (χ4n) is 2.76. The fraction of sp³-hybridized carbons (Fsp3) is 0.0455. The van der Waals surface area contributed by atoms with Crippen LogP contribution in [-0.2, 0) is 19.6 Å². The number of non-ortho nitro benzene ring substituents is 1. The molecular formula is C22H17ClN4O8S. The van der Waals surface area contributed by atoms with E-state index in [1.807, 2.05) is 0 Å². The first-order valence-corrected chi connectivity index (χ1v) is 11.8. The molecular weight excluding hydrogens is 516 g/mol. The Bertz CT molecular complexity index is 1430. The Balaban J connectivity index is 1.62. The number of ether oxygens (including phenoxy) is 1. The van der Waals surface area contributed by atoms with Gasteiger partial charge in [-0.05, 0) is 42.5 Å². The van der Waals surface area contributed by atoms with Crippen molar-refractivity contribution >= 4 is 50.8 Å². The van der Waals surface area contributed by atoms with Crippen molar-refractivity contribution in [2.24, 2.45) is 0 Å². The van der Waals surface area contributed by atoms with Gasteiger partial charge >= 0.3 is 5.97 Å². The number of nitrogens with one attached hydrogen (secondary N) is 3. The Morgan fingerprint density at radius 1 is 0.944 bits per heavy atom. The number of benzene rings is 3. The molecule has 0 spiro atoms. The maximum absolute atomic E-state index is 12.7. The monoisotopic (exact) mass is 532 g/mol. The molecule has 14 heteroatoms. The number of hydrogen-bond donors (Lipinski definition) is 3. The van der Waals surface area contributed by atoms with Gasteiger partial charge < -0.3 is 4.74 Å². The maximum Gasteiger partial charge on any atom is 0.340 e. The molecule has 36 heavy (non-hydrogen) atoms. The van der Waals surface area contributed by atoms with E-state index in [1.54, 1.807) is 0 Å². The summed E-state index contributed by atoms with van der Waals surface area (Å²) in [5.74, 6) is -2.53. The molecule has 0 unspecified atom stereocenters. The predicted molar refractivity (Wildman–Crippen MR) is 128 cm³/mol. The summed E-state index contributed by atoms with van der Waals surface area (Å²) in [6.45, 7) is -0.786. The molecule has 0 atom stereocenters. The number of hydrazine groups is 1. The maximum atomic E-state index is 12.7. The van der Waals surface area contributed by atoms with Gasteiger partial charge in [0.05, 0.1) is 21.1 Å². The molecule has 0 aliphatic carbocycles. The highest BCUT2D eigenvalue weighted by Gasteiger charge is 2.22. The van der Waals surface area contributed by atoms with Crippen LogP contribution in [0.25, 0.3) is 0 Å². The van der Waals surface area contributed by atoms with Crippen LogP contribution in [-0.4, -0.2) is 37.7 Å². The van der Waals surface area contributed by atoms with Gasteiger partial charge in [-0.1, -0.05) is 29.8 Å². The van der Waals surface area contributed by atoms with Gasteiger partial charge in [-0.2, -0.15) is 0 Å². The summed E-state index contributed by atoms with van der Waals surface area (Å²) in [4.78, 5) is 46.3. The Kier molecular flexibility index (Phi) is 8.19. The number of para-hydroxylation sites is 1. The lowest BCUT2D eigenvalue weighted by Gasteiger charge is -2.12. The molecule has 0 aliphatic rings. The Hall–Kier alpha value is -4.49.